The molecule has 0 saturated carbocycles. The maximum Gasteiger partial charge on any atom is 0.0726 e. The minimum Gasteiger partial charge on any atom is -0.398 e. The van der Waals surface area contributed by atoms with Crippen LogP contribution in [-0.4, -0.2) is 4.98 Å². The summed E-state index contributed by atoms with van der Waals surface area (Å²) in [4.78, 5) is 4.72. The zero-order valence-electron chi connectivity index (χ0n) is 12.2. The summed E-state index contributed by atoms with van der Waals surface area (Å²) in [6.45, 7) is 6.63. The Morgan fingerprint density at radius 2 is 2.00 bits per heavy atom. The third-order valence-corrected chi connectivity index (χ3v) is 3.39. The second-order valence-electron chi connectivity index (χ2n) is 5.76. The molecule has 2 nitrogen and oxygen atoms in total. The molecule has 19 heavy (non-hydrogen) atoms. The lowest BCUT2D eigenvalue weighted by Gasteiger charge is -2.09. The van der Waals surface area contributed by atoms with Crippen molar-refractivity contribution in [1.29, 1.82) is 0 Å². The van der Waals surface area contributed by atoms with Gasteiger partial charge in [0, 0.05) is 16.8 Å². The highest BCUT2D eigenvalue weighted by molar-refractivity contribution is 5.90. The SMILES string of the molecule is CCCCc1ccc2nc(CC(C)C)cc(N)c2c1. The first-order chi connectivity index (χ1) is 9.10. The molecule has 1 heterocycles. The molecule has 0 fully saturated rings. The number of anilines is 1. The monoisotopic (exact) mass is 256 g/mol. The molecule has 2 rings (SSSR count). The van der Waals surface area contributed by atoms with Crippen molar-refractivity contribution in [2.45, 2.75) is 46.5 Å². The molecule has 0 amide bonds. The molecule has 0 spiro atoms. The van der Waals surface area contributed by atoms with Crippen molar-refractivity contribution in [3.05, 3.63) is 35.5 Å². The van der Waals surface area contributed by atoms with Crippen molar-refractivity contribution in [3.8, 4) is 0 Å². The molecular weight excluding hydrogens is 232 g/mol. The van der Waals surface area contributed by atoms with Gasteiger partial charge in [-0.25, -0.2) is 0 Å². The lowest BCUT2D eigenvalue weighted by molar-refractivity contribution is 0.637. The van der Waals surface area contributed by atoms with E-state index in [-0.39, 0.29) is 0 Å². The number of benzene rings is 1. The van der Waals surface area contributed by atoms with Gasteiger partial charge in [-0.3, -0.25) is 4.98 Å². The number of nitrogens with zero attached hydrogens (tertiary/aromatic N) is 1. The topological polar surface area (TPSA) is 38.9 Å². The average molecular weight is 256 g/mol. The number of unbranched alkanes of at least 4 members (excludes halogenated alkanes) is 1. The Morgan fingerprint density at radius 1 is 1.21 bits per heavy atom. The van der Waals surface area contributed by atoms with Crippen molar-refractivity contribution >= 4 is 16.6 Å². The third-order valence-electron chi connectivity index (χ3n) is 3.39. The van der Waals surface area contributed by atoms with E-state index in [1.165, 1.54) is 18.4 Å². The van der Waals surface area contributed by atoms with Crippen molar-refractivity contribution in [2.24, 2.45) is 5.92 Å². The van der Waals surface area contributed by atoms with Gasteiger partial charge >= 0.3 is 0 Å². The second kappa shape index (κ2) is 6.05. The van der Waals surface area contributed by atoms with E-state index >= 15 is 0 Å². The van der Waals surface area contributed by atoms with E-state index in [2.05, 4.69) is 39.0 Å². The Kier molecular flexibility index (Phi) is 4.41. The Bertz CT molecular complexity index is 558. The molecule has 0 aliphatic carbocycles. The quantitative estimate of drug-likeness (QED) is 0.863. The van der Waals surface area contributed by atoms with Crippen LogP contribution in [0.3, 0.4) is 0 Å². The van der Waals surface area contributed by atoms with E-state index in [4.69, 9.17) is 10.7 Å². The third kappa shape index (κ3) is 3.46. The first-order valence-electron chi connectivity index (χ1n) is 7.28. The molecule has 2 aromatic rings. The van der Waals surface area contributed by atoms with Gasteiger partial charge < -0.3 is 5.73 Å². The van der Waals surface area contributed by atoms with Gasteiger partial charge in [0.2, 0.25) is 0 Å². The molecule has 102 valence electrons. The van der Waals surface area contributed by atoms with Gasteiger partial charge in [-0.1, -0.05) is 33.3 Å². The van der Waals surface area contributed by atoms with Gasteiger partial charge in [0.1, 0.15) is 0 Å². The fourth-order valence-corrected chi connectivity index (χ4v) is 2.42. The lowest BCUT2D eigenvalue weighted by Crippen LogP contribution is -2.00. The highest BCUT2D eigenvalue weighted by Gasteiger charge is 2.06. The van der Waals surface area contributed by atoms with Crippen molar-refractivity contribution in [2.75, 3.05) is 5.73 Å². The van der Waals surface area contributed by atoms with Crippen LogP contribution in [0.4, 0.5) is 5.69 Å². The van der Waals surface area contributed by atoms with E-state index in [0.29, 0.717) is 5.92 Å². The van der Waals surface area contributed by atoms with Gasteiger partial charge in [-0.15, -0.1) is 0 Å². The fraction of sp³-hybridized carbons (Fsp3) is 0.471. The Morgan fingerprint density at radius 3 is 2.68 bits per heavy atom. The van der Waals surface area contributed by atoms with Crippen LogP contribution < -0.4 is 5.73 Å². The first-order valence-corrected chi connectivity index (χ1v) is 7.28. The lowest BCUT2D eigenvalue weighted by atomic mass is 10.0. The number of fused-ring (bicyclic) bond motifs is 1. The summed E-state index contributed by atoms with van der Waals surface area (Å²) in [6, 6.07) is 8.53. The number of pyridine rings is 1. The molecule has 0 bridgehead atoms. The number of rotatable bonds is 5. The van der Waals surface area contributed by atoms with Gasteiger partial charge in [-0.2, -0.15) is 0 Å². The van der Waals surface area contributed by atoms with Crippen LogP contribution in [0.1, 0.15) is 44.9 Å². The summed E-state index contributed by atoms with van der Waals surface area (Å²) in [5.41, 5.74) is 10.5. The van der Waals surface area contributed by atoms with Crippen molar-refractivity contribution in [1.82, 2.24) is 4.98 Å². The van der Waals surface area contributed by atoms with Crippen LogP contribution >= 0.6 is 0 Å². The van der Waals surface area contributed by atoms with Gasteiger partial charge in [0.15, 0.2) is 0 Å². The van der Waals surface area contributed by atoms with E-state index in [9.17, 15) is 0 Å². The van der Waals surface area contributed by atoms with Gasteiger partial charge in [0.05, 0.1) is 5.52 Å². The first kappa shape index (κ1) is 13.9. The Labute approximate surface area is 116 Å². The van der Waals surface area contributed by atoms with Crippen LogP contribution in [0.25, 0.3) is 10.9 Å². The molecule has 0 unspecified atom stereocenters. The summed E-state index contributed by atoms with van der Waals surface area (Å²) in [7, 11) is 0. The summed E-state index contributed by atoms with van der Waals surface area (Å²) in [5.74, 6) is 0.605. The Hall–Kier alpha value is -1.57. The molecule has 0 atom stereocenters. The number of aryl methyl sites for hydroxylation is 1. The minimum absolute atomic E-state index is 0.605. The van der Waals surface area contributed by atoms with Gasteiger partial charge in [-0.05, 0) is 48.9 Å². The van der Waals surface area contributed by atoms with Crippen LogP contribution in [0.2, 0.25) is 0 Å². The average Bonchev–Trinajstić information content (AvgIpc) is 2.36. The molecule has 2 heteroatoms. The molecule has 1 aromatic carbocycles. The predicted molar refractivity (Wildman–Crippen MR) is 83.3 cm³/mol. The summed E-state index contributed by atoms with van der Waals surface area (Å²) in [6.07, 6.45) is 4.56. The zero-order valence-corrected chi connectivity index (χ0v) is 12.2. The molecule has 0 saturated heterocycles. The largest absolute Gasteiger partial charge is 0.398 e. The molecule has 0 aliphatic rings. The van der Waals surface area contributed by atoms with Crippen LogP contribution in [0, 0.1) is 5.92 Å². The Balaban J connectivity index is 2.36. The minimum atomic E-state index is 0.605. The summed E-state index contributed by atoms with van der Waals surface area (Å²) in [5, 5.41) is 1.10. The predicted octanol–water partition coefficient (Wildman–Crippen LogP) is 4.36. The number of nitrogens with two attached hydrogens (primary N) is 1. The van der Waals surface area contributed by atoms with Crippen molar-refractivity contribution < 1.29 is 0 Å². The maximum atomic E-state index is 6.19. The molecule has 0 radical (unpaired) electrons. The zero-order chi connectivity index (χ0) is 13.8. The van der Waals surface area contributed by atoms with E-state index < -0.39 is 0 Å². The van der Waals surface area contributed by atoms with Crippen LogP contribution in [0.5, 0.6) is 0 Å². The summed E-state index contributed by atoms with van der Waals surface area (Å²) < 4.78 is 0. The second-order valence-corrected chi connectivity index (χ2v) is 5.76. The maximum absolute atomic E-state index is 6.19. The molecule has 0 aliphatic heterocycles. The van der Waals surface area contributed by atoms with Crippen LogP contribution in [-0.2, 0) is 12.8 Å². The highest BCUT2D eigenvalue weighted by Crippen LogP contribution is 2.23. The molecule has 2 N–H and O–H groups in total. The smallest absolute Gasteiger partial charge is 0.0726 e. The standard InChI is InChI=1S/C17H24N2/c1-4-5-6-13-7-8-17-15(10-13)16(18)11-14(19-17)9-12(2)3/h7-8,10-12H,4-6,9H2,1-3H3,(H2,18,19). The fourth-order valence-electron chi connectivity index (χ4n) is 2.42. The number of nitrogen functional groups attached to an aromatic ring is 1. The highest BCUT2D eigenvalue weighted by atomic mass is 14.7. The van der Waals surface area contributed by atoms with Crippen LogP contribution in [0.15, 0.2) is 24.3 Å². The molecule has 1 aromatic heterocycles. The number of aromatic nitrogens is 1. The van der Waals surface area contributed by atoms with E-state index in [1.807, 2.05) is 6.07 Å². The summed E-state index contributed by atoms with van der Waals surface area (Å²) >= 11 is 0. The van der Waals surface area contributed by atoms with E-state index in [0.717, 1.165) is 35.1 Å². The number of hydrogen-bond acceptors (Lipinski definition) is 2. The van der Waals surface area contributed by atoms with Crippen molar-refractivity contribution in [3.63, 3.8) is 0 Å². The van der Waals surface area contributed by atoms with E-state index in [1.54, 1.807) is 0 Å². The normalized spacial score (nSPS) is 11.4. The van der Waals surface area contributed by atoms with Gasteiger partial charge in [0.25, 0.3) is 0 Å². The molecular formula is C17H24N2. The number of hydrogen-bond donors (Lipinski definition) is 1.